The summed E-state index contributed by atoms with van der Waals surface area (Å²) in [6.07, 6.45) is 6.04. The van der Waals surface area contributed by atoms with Gasteiger partial charge in [-0.05, 0) is 48.2 Å². The van der Waals surface area contributed by atoms with Crippen molar-refractivity contribution >= 4 is 34.0 Å². The van der Waals surface area contributed by atoms with Gasteiger partial charge < -0.3 is 10.1 Å². The number of pyridine rings is 2. The van der Waals surface area contributed by atoms with E-state index in [1.54, 1.807) is 36.0 Å². The Morgan fingerprint density at radius 3 is 2.82 bits per heavy atom. The number of anilines is 1. The number of para-hydroxylation sites is 2. The number of fused-ring (bicyclic) bond motifs is 1. The van der Waals surface area contributed by atoms with Crippen LogP contribution in [-0.4, -0.2) is 32.3 Å². The van der Waals surface area contributed by atoms with Gasteiger partial charge in [0, 0.05) is 22.8 Å². The summed E-state index contributed by atoms with van der Waals surface area (Å²) in [7, 11) is 0. The van der Waals surface area contributed by atoms with E-state index in [2.05, 4.69) is 21.5 Å². The molecule has 1 N–H and O–H groups in total. The molecule has 5 rings (SSSR count). The SMILES string of the molecule is CCCOc1ccccc1NC(=O)c1cc(-c2cccnc2)nc2c1cnn2Cc1cccs1. The average molecular weight is 470 g/mol. The molecule has 5 aromatic rings. The zero-order chi connectivity index (χ0) is 23.3. The van der Waals surface area contributed by atoms with E-state index in [-0.39, 0.29) is 5.91 Å². The van der Waals surface area contributed by atoms with Gasteiger partial charge in [-0.3, -0.25) is 9.78 Å². The summed E-state index contributed by atoms with van der Waals surface area (Å²) in [6.45, 7) is 3.20. The molecule has 170 valence electrons. The van der Waals surface area contributed by atoms with Gasteiger partial charge in [0.1, 0.15) is 5.75 Å². The van der Waals surface area contributed by atoms with Gasteiger partial charge in [0.05, 0.1) is 41.7 Å². The van der Waals surface area contributed by atoms with E-state index in [0.717, 1.165) is 16.9 Å². The Balaban J connectivity index is 1.57. The van der Waals surface area contributed by atoms with Gasteiger partial charge in [-0.1, -0.05) is 25.1 Å². The summed E-state index contributed by atoms with van der Waals surface area (Å²) in [5.41, 5.74) is 3.25. The van der Waals surface area contributed by atoms with Crippen LogP contribution in [0.4, 0.5) is 5.69 Å². The quantitative estimate of drug-likeness (QED) is 0.318. The van der Waals surface area contributed by atoms with Crippen LogP contribution in [0.25, 0.3) is 22.3 Å². The van der Waals surface area contributed by atoms with Gasteiger partial charge in [-0.15, -0.1) is 11.3 Å². The molecule has 0 radical (unpaired) electrons. The Kier molecular flexibility index (Phi) is 6.31. The lowest BCUT2D eigenvalue weighted by molar-refractivity contribution is 0.102. The van der Waals surface area contributed by atoms with Crippen LogP contribution < -0.4 is 10.1 Å². The van der Waals surface area contributed by atoms with E-state index in [9.17, 15) is 4.79 Å². The Hall–Kier alpha value is -4.04. The van der Waals surface area contributed by atoms with Gasteiger partial charge in [0.25, 0.3) is 5.91 Å². The van der Waals surface area contributed by atoms with Crippen LogP contribution >= 0.6 is 11.3 Å². The number of rotatable bonds is 8. The first-order valence-electron chi connectivity index (χ1n) is 11.1. The third-order valence-electron chi connectivity index (χ3n) is 5.29. The van der Waals surface area contributed by atoms with Gasteiger partial charge in [-0.25, -0.2) is 9.67 Å². The summed E-state index contributed by atoms with van der Waals surface area (Å²) in [4.78, 5) is 23.7. The van der Waals surface area contributed by atoms with Gasteiger partial charge >= 0.3 is 0 Å². The topological polar surface area (TPSA) is 81.9 Å². The molecule has 0 saturated heterocycles. The molecule has 0 atom stereocenters. The minimum Gasteiger partial charge on any atom is -0.491 e. The monoisotopic (exact) mass is 469 g/mol. The minimum atomic E-state index is -0.249. The summed E-state index contributed by atoms with van der Waals surface area (Å²) in [6, 6.07) is 17.1. The second-order valence-electron chi connectivity index (χ2n) is 7.71. The standard InChI is InChI=1S/C26H23N5O2S/c1-2-12-33-24-10-4-3-9-22(24)30-26(32)20-14-23(18-7-5-11-27-15-18)29-25-21(20)16-28-31(25)17-19-8-6-13-34-19/h3-11,13-16H,2,12,17H2,1H3,(H,30,32). The molecule has 1 amide bonds. The van der Waals surface area contributed by atoms with E-state index >= 15 is 0 Å². The van der Waals surface area contributed by atoms with Crippen LogP contribution in [-0.2, 0) is 6.54 Å². The molecule has 4 heterocycles. The molecule has 0 fully saturated rings. The lowest BCUT2D eigenvalue weighted by atomic mass is 10.1. The maximum atomic E-state index is 13.5. The Labute approximate surface area is 201 Å². The third-order valence-corrected chi connectivity index (χ3v) is 6.15. The number of benzene rings is 1. The molecular formula is C26H23N5O2S. The van der Waals surface area contributed by atoms with E-state index in [1.807, 2.05) is 59.5 Å². The van der Waals surface area contributed by atoms with E-state index < -0.39 is 0 Å². The fraction of sp³-hybridized carbons (Fsp3) is 0.154. The zero-order valence-corrected chi connectivity index (χ0v) is 19.5. The average Bonchev–Trinajstić information content (AvgIpc) is 3.54. The molecule has 0 unspecified atom stereocenters. The van der Waals surface area contributed by atoms with Crippen LogP contribution in [0.2, 0.25) is 0 Å². The molecule has 0 bridgehead atoms. The van der Waals surface area contributed by atoms with Crippen molar-refractivity contribution in [3.8, 4) is 17.0 Å². The fourth-order valence-corrected chi connectivity index (χ4v) is 4.35. The van der Waals surface area contributed by atoms with E-state index in [1.165, 1.54) is 0 Å². The Bertz CT molecular complexity index is 1410. The van der Waals surface area contributed by atoms with Crippen LogP contribution in [0.5, 0.6) is 5.75 Å². The molecule has 7 nitrogen and oxygen atoms in total. The summed E-state index contributed by atoms with van der Waals surface area (Å²) < 4.78 is 7.65. The second kappa shape index (κ2) is 9.84. The molecule has 0 spiro atoms. The third kappa shape index (κ3) is 4.53. The van der Waals surface area contributed by atoms with Crippen molar-refractivity contribution in [3.63, 3.8) is 0 Å². The van der Waals surface area contributed by atoms with Crippen molar-refractivity contribution in [2.75, 3.05) is 11.9 Å². The van der Waals surface area contributed by atoms with Crippen molar-refractivity contribution in [1.82, 2.24) is 19.7 Å². The summed E-state index contributed by atoms with van der Waals surface area (Å²) >= 11 is 1.66. The number of carbonyl (C=O) groups is 1. The molecule has 0 aliphatic heterocycles. The van der Waals surface area contributed by atoms with Crippen molar-refractivity contribution in [2.45, 2.75) is 19.9 Å². The number of hydrogen-bond donors (Lipinski definition) is 1. The fourth-order valence-electron chi connectivity index (χ4n) is 3.66. The second-order valence-corrected chi connectivity index (χ2v) is 8.75. The Morgan fingerprint density at radius 2 is 2.03 bits per heavy atom. The maximum Gasteiger partial charge on any atom is 0.256 e. The van der Waals surface area contributed by atoms with Crippen LogP contribution in [0.15, 0.2) is 78.6 Å². The number of carbonyl (C=O) groups excluding carboxylic acids is 1. The summed E-state index contributed by atoms with van der Waals surface area (Å²) in [5, 5.41) is 10.3. The lowest BCUT2D eigenvalue weighted by Gasteiger charge is -2.13. The lowest BCUT2D eigenvalue weighted by Crippen LogP contribution is -2.14. The predicted molar refractivity (Wildman–Crippen MR) is 134 cm³/mol. The highest BCUT2D eigenvalue weighted by molar-refractivity contribution is 7.09. The van der Waals surface area contributed by atoms with Crippen molar-refractivity contribution in [1.29, 1.82) is 0 Å². The smallest absolute Gasteiger partial charge is 0.256 e. The highest BCUT2D eigenvalue weighted by atomic mass is 32.1. The maximum absolute atomic E-state index is 13.5. The molecule has 8 heteroatoms. The highest BCUT2D eigenvalue weighted by Gasteiger charge is 2.19. The molecule has 1 aromatic carbocycles. The first-order valence-corrected chi connectivity index (χ1v) is 11.9. The van der Waals surface area contributed by atoms with Crippen molar-refractivity contribution in [2.24, 2.45) is 0 Å². The van der Waals surface area contributed by atoms with E-state index in [0.29, 0.717) is 46.9 Å². The van der Waals surface area contributed by atoms with Crippen molar-refractivity contribution in [3.05, 3.63) is 89.0 Å². The number of nitrogens with one attached hydrogen (secondary N) is 1. The molecule has 0 saturated carbocycles. The number of hydrogen-bond acceptors (Lipinski definition) is 6. The highest BCUT2D eigenvalue weighted by Crippen LogP contribution is 2.28. The van der Waals surface area contributed by atoms with Crippen LogP contribution in [0.3, 0.4) is 0 Å². The van der Waals surface area contributed by atoms with Gasteiger partial charge in [0.2, 0.25) is 0 Å². The molecule has 0 aliphatic carbocycles. The molecule has 4 aromatic heterocycles. The molecule has 0 aliphatic rings. The Morgan fingerprint density at radius 1 is 1.12 bits per heavy atom. The van der Waals surface area contributed by atoms with Crippen LogP contribution in [0, 0.1) is 0 Å². The van der Waals surface area contributed by atoms with E-state index in [4.69, 9.17) is 9.72 Å². The van der Waals surface area contributed by atoms with Gasteiger partial charge in [-0.2, -0.15) is 5.10 Å². The number of thiophene rings is 1. The number of nitrogens with zero attached hydrogens (tertiary/aromatic N) is 4. The normalized spacial score (nSPS) is 11.0. The zero-order valence-electron chi connectivity index (χ0n) is 18.6. The number of aromatic nitrogens is 4. The molecular weight excluding hydrogens is 446 g/mol. The number of amides is 1. The van der Waals surface area contributed by atoms with Crippen molar-refractivity contribution < 1.29 is 9.53 Å². The first-order chi connectivity index (χ1) is 16.7. The summed E-state index contributed by atoms with van der Waals surface area (Å²) in [5.74, 6) is 0.393. The molecule has 34 heavy (non-hydrogen) atoms. The first kappa shape index (κ1) is 21.8. The van der Waals surface area contributed by atoms with Crippen LogP contribution in [0.1, 0.15) is 28.6 Å². The largest absolute Gasteiger partial charge is 0.491 e. The minimum absolute atomic E-state index is 0.249. The van der Waals surface area contributed by atoms with Gasteiger partial charge in [0.15, 0.2) is 5.65 Å². The predicted octanol–water partition coefficient (Wildman–Crippen LogP) is 5.64. The number of ether oxygens (including phenoxy) is 1.